The van der Waals surface area contributed by atoms with Crippen molar-refractivity contribution in [2.24, 2.45) is 11.8 Å². The molecule has 0 bridgehead atoms. The molecule has 2 atom stereocenters. The summed E-state index contributed by atoms with van der Waals surface area (Å²) in [7, 11) is 0. The fourth-order valence-corrected chi connectivity index (χ4v) is 5.67. The van der Waals surface area contributed by atoms with E-state index in [1.54, 1.807) is 4.52 Å². The van der Waals surface area contributed by atoms with Gasteiger partial charge >= 0.3 is 5.69 Å². The molecule has 0 amide bonds. The second-order valence-electron chi connectivity index (χ2n) is 10.2. The van der Waals surface area contributed by atoms with E-state index in [0.29, 0.717) is 41.9 Å². The van der Waals surface area contributed by atoms with Crippen molar-refractivity contribution < 1.29 is 13.2 Å². The van der Waals surface area contributed by atoms with Crippen LogP contribution in [0.4, 0.5) is 13.2 Å². The van der Waals surface area contributed by atoms with E-state index < -0.39 is 23.0 Å². The molecule has 1 saturated heterocycles. The number of aromatic amines is 1. The smallest absolute Gasteiger partial charge is 0.300 e. The van der Waals surface area contributed by atoms with E-state index in [1.807, 2.05) is 23.3 Å². The Morgan fingerprint density at radius 2 is 1.94 bits per heavy atom. The lowest BCUT2D eigenvalue weighted by atomic mass is 9.83. The van der Waals surface area contributed by atoms with Crippen molar-refractivity contribution in [1.82, 2.24) is 24.1 Å². The van der Waals surface area contributed by atoms with Gasteiger partial charge in [-0.3, -0.25) is 14.3 Å². The van der Waals surface area contributed by atoms with Crippen molar-refractivity contribution in [1.29, 1.82) is 0 Å². The van der Waals surface area contributed by atoms with E-state index in [9.17, 15) is 22.8 Å². The van der Waals surface area contributed by atoms with E-state index in [1.165, 1.54) is 6.20 Å². The van der Waals surface area contributed by atoms with Gasteiger partial charge in [-0.1, -0.05) is 0 Å². The minimum absolute atomic E-state index is 0.0133. The lowest BCUT2D eigenvalue weighted by Crippen LogP contribution is -2.44. The number of pyridine rings is 1. The molecule has 35 heavy (non-hydrogen) atoms. The summed E-state index contributed by atoms with van der Waals surface area (Å²) in [6.07, 6.45) is 8.35. The van der Waals surface area contributed by atoms with Crippen molar-refractivity contribution in [3.63, 3.8) is 0 Å². The molecule has 1 saturated carbocycles. The molecule has 0 unspecified atom stereocenters. The maximum absolute atomic E-state index is 13.8. The van der Waals surface area contributed by atoms with E-state index in [-0.39, 0.29) is 12.8 Å². The first-order valence-electron chi connectivity index (χ1n) is 12.3. The first kappa shape index (κ1) is 23.8. The first-order chi connectivity index (χ1) is 16.7. The normalized spacial score (nSPS) is 23.7. The molecule has 4 heterocycles. The number of hydrogen-bond acceptors (Lipinski definition) is 4. The summed E-state index contributed by atoms with van der Waals surface area (Å²) in [5, 5.41) is 4.25. The van der Waals surface area contributed by atoms with Crippen molar-refractivity contribution in [3.05, 3.63) is 62.9 Å². The number of hydrogen-bond donors (Lipinski definition) is 1. The lowest BCUT2D eigenvalue weighted by molar-refractivity contribution is -0.0512. The third-order valence-electron chi connectivity index (χ3n) is 7.70. The van der Waals surface area contributed by atoms with Gasteiger partial charge in [-0.25, -0.2) is 18.1 Å². The zero-order valence-electron chi connectivity index (χ0n) is 19.7. The highest BCUT2D eigenvalue weighted by Gasteiger charge is 2.36. The van der Waals surface area contributed by atoms with E-state index >= 15 is 0 Å². The number of likely N-dealkylation sites (tertiary alicyclic amines) is 1. The fraction of sp³-hybridized carbons (Fsp3) is 0.560. The molecular formula is C25H30F3N5O2. The molecule has 5 rings (SSSR count). The highest BCUT2D eigenvalue weighted by atomic mass is 19.3. The first-order valence-corrected chi connectivity index (χ1v) is 12.3. The Labute approximate surface area is 200 Å². The quantitative estimate of drug-likeness (QED) is 0.592. The highest BCUT2D eigenvalue weighted by molar-refractivity contribution is 5.64. The van der Waals surface area contributed by atoms with Gasteiger partial charge in [0.25, 0.3) is 5.56 Å². The summed E-state index contributed by atoms with van der Waals surface area (Å²) >= 11 is 0. The number of rotatable bonds is 5. The molecule has 2 fully saturated rings. The molecule has 2 aliphatic rings. The molecule has 188 valence electrons. The van der Waals surface area contributed by atoms with Gasteiger partial charge in [-0.05, 0) is 75.1 Å². The van der Waals surface area contributed by atoms with Crippen LogP contribution in [0.25, 0.3) is 11.2 Å². The highest BCUT2D eigenvalue weighted by Crippen LogP contribution is 2.37. The second-order valence-corrected chi connectivity index (χ2v) is 10.2. The van der Waals surface area contributed by atoms with Crippen molar-refractivity contribution in [2.45, 2.75) is 63.8 Å². The fourth-order valence-electron chi connectivity index (χ4n) is 5.67. The molecule has 7 nitrogen and oxygen atoms in total. The Kier molecular flexibility index (Phi) is 6.33. The standard InChI is InChI=1S/C25H30F3N5O2/c1-16-10-18(4-8-31(16)14-17-2-6-25(27,28)7-3-17)11-19-5-9-33-21(12-19)22(13-29-33)32-15-20(26)23(34)30-24(32)35/h5,9,12-13,15-18H,2-4,6-8,10-11,14H2,1H3,(H,30,34,35)/t16-,18+/m0/s1. The Morgan fingerprint density at radius 1 is 1.17 bits per heavy atom. The summed E-state index contributed by atoms with van der Waals surface area (Å²) < 4.78 is 43.5. The lowest BCUT2D eigenvalue weighted by Gasteiger charge is -2.41. The maximum Gasteiger partial charge on any atom is 0.333 e. The maximum atomic E-state index is 13.8. The topological polar surface area (TPSA) is 75.4 Å². The van der Waals surface area contributed by atoms with Crippen LogP contribution in [0.15, 0.2) is 40.3 Å². The summed E-state index contributed by atoms with van der Waals surface area (Å²) in [6, 6.07) is 4.35. The van der Waals surface area contributed by atoms with Gasteiger partial charge in [0.1, 0.15) is 0 Å². The van der Waals surface area contributed by atoms with Crippen LogP contribution >= 0.6 is 0 Å². The number of fused-ring (bicyclic) bond motifs is 1. The number of piperidine rings is 1. The average molecular weight is 490 g/mol. The summed E-state index contributed by atoms with van der Waals surface area (Å²) in [4.78, 5) is 28.1. The molecule has 1 aliphatic carbocycles. The van der Waals surface area contributed by atoms with Crippen LogP contribution in [0.1, 0.15) is 51.0 Å². The van der Waals surface area contributed by atoms with Crippen LogP contribution in [-0.4, -0.2) is 49.1 Å². The third kappa shape index (κ3) is 5.07. The average Bonchev–Trinajstić information content (AvgIpc) is 3.22. The summed E-state index contributed by atoms with van der Waals surface area (Å²) in [5.74, 6) is -2.68. The van der Waals surface area contributed by atoms with Crippen LogP contribution in [-0.2, 0) is 6.42 Å². The number of aromatic nitrogens is 4. The van der Waals surface area contributed by atoms with Gasteiger partial charge in [0.15, 0.2) is 0 Å². The number of nitrogens with zero attached hydrogens (tertiary/aromatic N) is 4. The summed E-state index contributed by atoms with van der Waals surface area (Å²) in [6.45, 7) is 4.09. The Bertz CT molecular complexity index is 1320. The van der Waals surface area contributed by atoms with Crippen LogP contribution in [0.3, 0.4) is 0 Å². The Hall–Kier alpha value is -2.88. The second kappa shape index (κ2) is 9.29. The molecule has 0 aromatic carbocycles. The van der Waals surface area contributed by atoms with Crippen LogP contribution in [0.2, 0.25) is 0 Å². The van der Waals surface area contributed by atoms with Crippen molar-refractivity contribution in [2.75, 3.05) is 13.1 Å². The predicted octanol–water partition coefficient (Wildman–Crippen LogP) is 3.78. The number of nitrogens with one attached hydrogen (secondary N) is 1. The largest absolute Gasteiger partial charge is 0.333 e. The number of H-pyrrole nitrogens is 1. The van der Waals surface area contributed by atoms with Gasteiger partial charge in [-0.2, -0.15) is 9.49 Å². The minimum Gasteiger partial charge on any atom is -0.300 e. The van der Waals surface area contributed by atoms with E-state index in [0.717, 1.165) is 48.7 Å². The third-order valence-corrected chi connectivity index (χ3v) is 7.70. The van der Waals surface area contributed by atoms with E-state index in [4.69, 9.17) is 0 Å². The van der Waals surface area contributed by atoms with Crippen LogP contribution in [0, 0.1) is 17.7 Å². The van der Waals surface area contributed by atoms with Crippen molar-refractivity contribution in [3.8, 4) is 5.69 Å². The minimum atomic E-state index is -2.48. The van der Waals surface area contributed by atoms with Gasteiger partial charge in [-0.15, -0.1) is 0 Å². The monoisotopic (exact) mass is 489 g/mol. The molecule has 3 aromatic heterocycles. The molecule has 10 heteroatoms. The Morgan fingerprint density at radius 3 is 2.69 bits per heavy atom. The molecular weight excluding hydrogens is 459 g/mol. The van der Waals surface area contributed by atoms with Crippen LogP contribution < -0.4 is 11.2 Å². The zero-order chi connectivity index (χ0) is 24.7. The molecule has 1 N–H and O–H groups in total. The van der Waals surface area contributed by atoms with Gasteiger partial charge < -0.3 is 4.90 Å². The van der Waals surface area contributed by atoms with E-state index in [2.05, 4.69) is 16.9 Å². The molecule has 1 aliphatic heterocycles. The Balaban J connectivity index is 1.26. The van der Waals surface area contributed by atoms with Gasteiger partial charge in [0.05, 0.1) is 23.6 Å². The zero-order valence-corrected chi connectivity index (χ0v) is 19.7. The summed E-state index contributed by atoms with van der Waals surface area (Å²) in [5.41, 5.74) is 0.367. The SMILES string of the molecule is C[C@H]1C[C@H](Cc2ccn3ncc(-n4cc(F)c(=O)[nH]c4=O)c3c2)CCN1CC1CCC(F)(F)CC1. The van der Waals surface area contributed by atoms with Gasteiger partial charge in [0, 0.05) is 31.6 Å². The van der Waals surface area contributed by atoms with Crippen LogP contribution in [0.5, 0.6) is 0 Å². The number of alkyl halides is 2. The molecule has 3 aromatic rings. The predicted molar refractivity (Wildman–Crippen MR) is 126 cm³/mol. The number of halogens is 3. The van der Waals surface area contributed by atoms with Crippen molar-refractivity contribution >= 4 is 5.52 Å². The van der Waals surface area contributed by atoms with Gasteiger partial charge in [0.2, 0.25) is 11.7 Å². The molecule has 0 spiro atoms. The molecule has 0 radical (unpaired) electrons.